The van der Waals surface area contributed by atoms with Crippen molar-refractivity contribution in [3.05, 3.63) is 18.5 Å². The molecule has 1 fully saturated rings. The SMILES string of the molecule is CCOCCOc1cncc(N2CCCC(N)C2)c1. The lowest BCUT2D eigenvalue weighted by atomic mass is 10.1. The highest BCUT2D eigenvalue weighted by Gasteiger charge is 2.17. The highest BCUT2D eigenvalue weighted by molar-refractivity contribution is 5.48. The average molecular weight is 265 g/mol. The molecule has 0 amide bonds. The van der Waals surface area contributed by atoms with Crippen LogP contribution >= 0.6 is 0 Å². The maximum absolute atomic E-state index is 6.00. The predicted octanol–water partition coefficient (Wildman–Crippen LogP) is 1.42. The van der Waals surface area contributed by atoms with Crippen LogP contribution in [0.2, 0.25) is 0 Å². The van der Waals surface area contributed by atoms with E-state index < -0.39 is 0 Å². The van der Waals surface area contributed by atoms with Crippen LogP contribution in [0.4, 0.5) is 5.69 Å². The smallest absolute Gasteiger partial charge is 0.139 e. The van der Waals surface area contributed by atoms with Gasteiger partial charge in [0, 0.05) is 31.8 Å². The van der Waals surface area contributed by atoms with E-state index in [0.717, 1.165) is 37.4 Å². The first-order valence-corrected chi connectivity index (χ1v) is 6.95. The van der Waals surface area contributed by atoms with Crippen molar-refractivity contribution in [3.8, 4) is 5.75 Å². The molecule has 2 rings (SSSR count). The highest BCUT2D eigenvalue weighted by atomic mass is 16.5. The van der Waals surface area contributed by atoms with Gasteiger partial charge in [-0.1, -0.05) is 0 Å². The lowest BCUT2D eigenvalue weighted by molar-refractivity contribution is 0.110. The minimum atomic E-state index is 0.260. The van der Waals surface area contributed by atoms with Crippen molar-refractivity contribution in [2.45, 2.75) is 25.8 Å². The molecule has 0 bridgehead atoms. The Balaban J connectivity index is 1.90. The fourth-order valence-electron chi connectivity index (χ4n) is 2.27. The van der Waals surface area contributed by atoms with E-state index in [2.05, 4.69) is 9.88 Å². The molecular weight excluding hydrogens is 242 g/mol. The van der Waals surface area contributed by atoms with Crippen LogP contribution in [0.3, 0.4) is 0 Å². The topological polar surface area (TPSA) is 60.6 Å². The summed E-state index contributed by atoms with van der Waals surface area (Å²) >= 11 is 0. The van der Waals surface area contributed by atoms with Crippen LogP contribution in [0.25, 0.3) is 0 Å². The Bertz CT molecular complexity index is 387. The van der Waals surface area contributed by atoms with Gasteiger partial charge in [0.05, 0.1) is 24.7 Å². The van der Waals surface area contributed by atoms with E-state index in [1.807, 2.05) is 19.2 Å². The summed E-state index contributed by atoms with van der Waals surface area (Å²) < 4.78 is 10.9. The Labute approximate surface area is 114 Å². The number of anilines is 1. The number of hydrogen-bond acceptors (Lipinski definition) is 5. The summed E-state index contributed by atoms with van der Waals surface area (Å²) in [6, 6.07) is 2.29. The van der Waals surface area contributed by atoms with Gasteiger partial charge in [-0.25, -0.2) is 0 Å². The Kier molecular flexibility index (Phi) is 5.42. The number of pyridine rings is 1. The minimum Gasteiger partial charge on any atom is -0.489 e. The monoisotopic (exact) mass is 265 g/mol. The standard InChI is InChI=1S/C14H23N3O2/c1-2-18-6-7-19-14-8-13(9-16-10-14)17-5-3-4-12(15)11-17/h8-10,12H,2-7,11,15H2,1H3. The van der Waals surface area contributed by atoms with Gasteiger partial charge in [0.15, 0.2) is 0 Å². The van der Waals surface area contributed by atoms with E-state index in [0.29, 0.717) is 19.8 Å². The molecule has 0 spiro atoms. The first-order chi connectivity index (χ1) is 9.29. The first kappa shape index (κ1) is 14.1. The Morgan fingerprint density at radius 1 is 1.42 bits per heavy atom. The van der Waals surface area contributed by atoms with Crippen molar-refractivity contribution < 1.29 is 9.47 Å². The molecule has 19 heavy (non-hydrogen) atoms. The van der Waals surface area contributed by atoms with E-state index in [-0.39, 0.29) is 6.04 Å². The van der Waals surface area contributed by atoms with Crippen LogP contribution in [0.1, 0.15) is 19.8 Å². The van der Waals surface area contributed by atoms with E-state index in [4.69, 9.17) is 15.2 Å². The average Bonchev–Trinajstić information content (AvgIpc) is 2.44. The zero-order valence-corrected chi connectivity index (χ0v) is 11.5. The maximum atomic E-state index is 6.00. The molecule has 0 saturated carbocycles. The summed E-state index contributed by atoms with van der Waals surface area (Å²) in [7, 11) is 0. The third-order valence-corrected chi connectivity index (χ3v) is 3.22. The number of rotatable bonds is 6. The molecule has 5 nitrogen and oxygen atoms in total. The molecule has 5 heteroatoms. The fraction of sp³-hybridized carbons (Fsp3) is 0.643. The summed E-state index contributed by atoms with van der Waals surface area (Å²) in [5.74, 6) is 0.788. The van der Waals surface area contributed by atoms with Gasteiger partial charge in [-0.2, -0.15) is 0 Å². The predicted molar refractivity (Wildman–Crippen MR) is 75.6 cm³/mol. The Morgan fingerprint density at radius 3 is 3.11 bits per heavy atom. The molecule has 106 valence electrons. The summed E-state index contributed by atoms with van der Waals surface area (Å²) in [5, 5.41) is 0. The van der Waals surface area contributed by atoms with Gasteiger partial charge in [-0.15, -0.1) is 0 Å². The van der Waals surface area contributed by atoms with E-state index in [1.165, 1.54) is 0 Å². The van der Waals surface area contributed by atoms with Crippen LogP contribution in [0.5, 0.6) is 5.75 Å². The molecule has 0 radical (unpaired) electrons. The molecule has 1 aliphatic rings. The number of aromatic nitrogens is 1. The summed E-state index contributed by atoms with van der Waals surface area (Å²) in [5.41, 5.74) is 7.09. The third-order valence-electron chi connectivity index (χ3n) is 3.22. The largest absolute Gasteiger partial charge is 0.489 e. The van der Waals surface area contributed by atoms with E-state index >= 15 is 0 Å². The van der Waals surface area contributed by atoms with Crippen LogP contribution in [0.15, 0.2) is 18.5 Å². The molecule has 2 N–H and O–H groups in total. The molecule has 0 aliphatic carbocycles. The number of hydrogen-bond donors (Lipinski definition) is 1. The second-order valence-corrected chi connectivity index (χ2v) is 4.77. The molecule has 1 aliphatic heterocycles. The third kappa shape index (κ3) is 4.36. The lowest BCUT2D eigenvalue weighted by Gasteiger charge is -2.32. The van der Waals surface area contributed by atoms with Crippen LogP contribution in [-0.4, -0.2) is 43.9 Å². The van der Waals surface area contributed by atoms with Gasteiger partial charge < -0.3 is 20.1 Å². The van der Waals surface area contributed by atoms with Crippen molar-refractivity contribution in [1.29, 1.82) is 0 Å². The number of nitrogens with two attached hydrogens (primary N) is 1. The Hall–Kier alpha value is -1.33. The van der Waals surface area contributed by atoms with Gasteiger partial charge in [-0.05, 0) is 19.8 Å². The van der Waals surface area contributed by atoms with Crippen molar-refractivity contribution in [2.24, 2.45) is 5.73 Å². The second-order valence-electron chi connectivity index (χ2n) is 4.77. The fourth-order valence-corrected chi connectivity index (χ4v) is 2.27. The molecular formula is C14H23N3O2. The van der Waals surface area contributed by atoms with Gasteiger partial charge in [0.1, 0.15) is 12.4 Å². The Morgan fingerprint density at radius 2 is 2.32 bits per heavy atom. The molecule has 1 unspecified atom stereocenters. The molecule has 1 atom stereocenters. The van der Waals surface area contributed by atoms with Crippen LogP contribution < -0.4 is 15.4 Å². The van der Waals surface area contributed by atoms with Crippen molar-refractivity contribution in [3.63, 3.8) is 0 Å². The zero-order chi connectivity index (χ0) is 13.5. The summed E-state index contributed by atoms with van der Waals surface area (Å²) in [4.78, 5) is 6.51. The normalized spacial score (nSPS) is 19.5. The molecule has 2 heterocycles. The van der Waals surface area contributed by atoms with Gasteiger partial charge >= 0.3 is 0 Å². The highest BCUT2D eigenvalue weighted by Crippen LogP contribution is 2.22. The molecule has 1 aromatic heterocycles. The number of nitrogens with zero attached hydrogens (tertiary/aromatic N) is 2. The van der Waals surface area contributed by atoms with E-state index in [9.17, 15) is 0 Å². The second kappa shape index (κ2) is 7.31. The van der Waals surface area contributed by atoms with Gasteiger partial charge in [-0.3, -0.25) is 4.98 Å². The number of ether oxygens (including phenoxy) is 2. The van der Waals surface area contributed by atoms with Gasteiger partial charge in [0.25, 0.3) is 0 Å². The molecule has 1 aromatic rings. The quantitative estimate of drug-likeness (QED) is 0.788. The maximum Gasteiger partial charge on any atom is 0.139 e. The molecule has 1 saturated heterocycles. The van der Waals surface area contributed by atoms with Crippen LogP contribution in [0, 0.1) is 0 Å². The first-order valence-electron chi connectivity index (χ1n) is 6.95. The van der Waals surface area contributed by atoms with Crippen molar-refractivity contribution in [2.75, 3.05) is 37.8 Å². The zero-order valence-electron chi connectivity index (χ0n) is 11.5. The minimum absolute atomic E-state index is 0.260. The van der Waals surface area contributed by atoms with Crippen molar-refractivity contribution >= 4 is 5.69 Å². The van der Waals surface area contributed by atoms with Crippen molar-refractivity contribution in [1.82, 2.24) is 4.98 Å². The lowest BCUT2D eigenvalue weighted by Crippen LogP contribution is -2.42. The van der Waals surface area contributed by atoms with Gasteiger partial charge in [0.2, 0.25) is 0 Å². The number of piperidine rings is 1. The van der Waals surface area contributed by atoms with Crippen LogP contribution in [-0.2, 0) is 4.74 Å². The van der Waals surface area contributed by atoms with E-state index in [1.54, 1.807) is 6.20 Å². The molecule has 0 aromatic carbocycles. The summed E-state index contributed by atoms with van der Waals surface area (Å²) in [6.45, 7) is 5.78. The summed E-state index contributed by atoms with van der Waals surface area (Å²) in [6.07, 6.45) is 5.85.